The van der Waals surface area contributed by atoms with Crippen LogP contribution in [0.15, 0.2) is 42.5 Å². The summed E-state index contributed by atoms with van der Waals surface area (Å²) in [5.74, 6) is 0.0138. The second kappa shape index (κ2) is 4.87. The first-order chi connectivity index (χ1) is 8.16. The highest BCUT2D eigenvalue weighted by molar-refractivity contribution is 5.46. The third-order valence-corrected chi connectivity index (χ3v) is 2.65. The number of anilines is 1. The summed E-state index contributed by atoms with van der Waals surface area (Å²) in [6.07, 6.45) is 0. The lowest BCUT2D eigenvalue weighted by molar-refractivity contribution is 0.469. The lowest BCUT2D eigenvalue weighted by Gasteiger charge is -2.08. The molecule has 88 valence electrons. The summed E-state index contributed by atoms with van der Waals surface area (Å²) in [6.45, 7) is 2.19. The number of rotatable bonds is 3. The second-order valence-electron chi connectivity index (χ2n) is 3.95. The molecule has 0 amide bonds. The van der Waals surface area contributed by atoms with Crippen LogP contribution >= 0.6 is 0 Å². The normalized spacial score (nSPS) is 10.2. The Balaban J connectivity index is 2.08. The largest absolute Gasteiger partial charge is 0.508 e. The van der Waals surface area contributed by atoms with Crippen LogP contribution in [0.2, 0.25) is 0 Å². The van der Waals surface area contributed by atoms with Gasteiger partial charge in [-0.1, -0.05) is 24.3 Å². The van der Waals surface area contributed by atoms with E-state index in [0.29, 0.717) is 17.8 Å². The number of phenols is 1. The van der Waals surface area contributed by atoms with Crippen LogP contribution in [0, 0.1) is 12.7 Å². The molecule has 0 heterocycles. The van der Waals surface area contributed by atoms with Gasteiger partial charge in [0.25, 0.3) is 0 Å². The topological polar surface area (TPSA) is 32.3 Å². The summed E-state index contributed by atoms with van der Waals surface area (Å²) in [7, 11) is 0. The van der Waals surface area contributed by atoms with Gasteiger partial charge in [-0.3, -0.25) is 0 Å². The van der Waals surface area contributed by atoms with E-state index < -0.39 is 0 Å². The first-order valence-electron chi connectivity index (χ1n) is 5.44. The summed E-state index contributed by atoms with van der Waals surface area (Å²) in [5.41, 5.74) is 2.11. The van der Waals surface area contributed by atoms with Gasteiger partial charge in [0.2, 0.25) is 0 Å². The molecule has 0 saturated heterocycles. The van der Waals surface area contributed by atoms with Crippen molar-refractivity contribution in [2.45, 2.75) is 13.5 Å². The number of phenolic OH excluding ortho intramolecular Hbond substituents is 1. The van der Waals surface area contributed by atoms with E-state index in [1.807, 2.05) is 18.2 Å². The van der Waals surface area contributed by atoms with E-state index in [1.165, 1.54) is 6.07 Å². The maximum absolute atomic E-state index is 13.3. The molecule has 17 heavy (non-hydrogen) atoms. The van der Waals surface area contributed by atoms with E-state index in [2.05, 4.69) is 5.32 Å². The fraction of sp³-hybridized carbons (Fsp3) is 0.143. The number of nitrogens with one attached hydrogen (secondary N) is 1. The fourth-order valence-corrected chi connectivity index (χ4v) is 1.56. The SMILES string of the molecule is Cc1ccc(NCc2ccccc2O)cc1F. The third kappa shape index (κ3) is 2.75. The monoisotopic (exact) mass is 231 g/mol. The third-order valence-electron chi connectivity index (χ3n) is 2.65. The molecule has 0 aliphatic carbocycles. The van der Waals surface area contributed by atoms with Gasteiger partial charge in [0, 0.05) is 17.8 Å². The zero-order chi connectivity index (χ0) is 12.3. The molecule has 2 nitrogen and oxygen atoms in total. The molecule has 2 aromatic rings. The van der Waals surface area contributed by atoms with Gasteiger partial charge in [0.15, 0.2) is 0 Å². The van der Waals surface area contributed by atoms with E-state index >= 15 is 0 Å². The van der Waals surface area contributed by atoms with Crippen LogP contribution in [0.4, 0.5) is 10.1 Å². The van der Waals surface area contributed by atoms with Gasteiger partial charge in [-0.15, -0.1) is 0 Å². The van der Waals surface area contributed by atoms with Gasteiger partial charge in [-0.05, 0) is 30.7 Å². The number of hydrogen-bond donors (Lipinski definition) is 2. The Bertz CT molecular complexity index is 525. The van der Waals surface area contributed by atoms with Crippen molar-refractivity contribution in [3.63, 3.8) is 0 Å². The Hall–Kier alpha value is -2.03. The molecule has 0 aromatic heterocycles. The van der Waals surface area contributed by atoms with E-state index in [9.17, 15) is 9.50 Å². The highest BCUT2D eigenvalue weighted by Gasteiger charge is 2.01. The maximum atomic E-state index is 13.3. The molecule has 3 heteroatoms. The average molecular weight is 231 g/mol. The number of para-hydroxylation sites is 1. The molecule has 0 saturated carbocycles. The molecule has 2 aromatic carbocycles. The number of hydrogen-bond acceptors (Lipinski definition) is 2. The predicted octanol–water partition coefficient (Wildman–Crippen LogP) is 3.45. The second-order valence-corrected chi connectivity index (χ2v) is 3.95. The number of benzene rings is 2. The van der Waals surface area contributed by atoms with Crippen LogP contribution in [0.5, 0.6) is 5.75 Å². The molecule has 2 N–H and O–H groups in total. The van der Waals surface area contributed by atoms with E-state index in [4.69, 9.17) is 0 Å². The summed E-state index contributed by atoms with van der Waals surface area (Å²) >= 11 is 0. The molecule has 0 aliphatic heterocycles. The zero-order valence-corrected chi connectivity index (χ0v) is 9.57. The minimum atomic E-state index is -0.229. The Morgan fingerprint density at radius 2 is 1.94 bits per heavy atom. The van der Waals surface area contributed by atoms with Crippen LogP contribution in [-0.4, -0.2) is 5.11 Å². The van der Waals surface area contributed by atoms with Crippen molar-refractivity contribution in [3.05, 3.63) is 59.4 Å². The van der Waals surface area contributed by atoms with Crippen LogP contribution < -0.4 is 5.32 Å². The smallest absolute Gasteiger partial charge is 0.128 e. The molecule has 0 fully saturated rings. The van der Waals surface area contributed by atoms with Crippen molar-refractivity contribution in [2.24, 2.45) is 0 Å². The highest BCUT2D eigenvalue weighted by Crippen LogP contribution is 2.18. The lowest BCUT2D eigenvalue weighted by Crippen LogP contribution is -2.00. The summed E-state index contributed by atoms with van der Waals surface area (Å²) in [6, 6.07) is 12.1. The van der Waals surface area contributed by atoms with Gasteiger partial charge >= 0.3 is 0 Å². The quantitative estimate of drug-likeness (QED) is 0.848. The van der Waals surface area contributed by atoms with E-state index in [1.54, 1.807) is 25.1 Å². The van der Waals surface area contributed by atoms with E-state index in [0.717, 1.165) is 5.56 Å². The Kier molecular flexibility index (Phi) is 3.28. The minimum Gasteiger partial charge on any atom is -0.508 e. The van der Waals surface area contributed by atoms with Crippen LogP contribution in [0.25, 0.3) is 0 Å². The Morgan fingerprint density at radius 1 is 1.18 bits per heavy atom. The van der Waals surface area contributed by atoms with Gasteiger partial charge in [-0.25, -0.2) is 4.39 Å². The highest BCUT2D eigenvalue weighted by atomic mass is 19.1. The number of halogens is 1. The van der Waals surface area contributed by atoms with Crippen molar-refractivity contribution < 1.29 is 9.50 Å². The van der Waals surface area contributed by atoms with Crippen LogP contribution in [-0.2, 0) is 6.54 Å². The van der Waals surface area contributed by atoms with Crippen molar-refractivity contribution >= 4 is 5.69 Å². The molecule has 0 radical (unpaired) electrons. The van der Waals surface area contributed by atoms with Gasteiger partial charge in [-0.2, -0.15) is 0 Å². The Labute approximate surface area is 99.7 Å². The van der Waals surface area contributed by atoms with Crippen molar-refractivity contribution in [3.8, 4) is 5.75 Å². The van der Waals surface area contributed by atoms with Crippen molar-refractivity contribution in [1.29, 1.82) is 0 Å². The lowest BCUT2D eigenvalue weighted by atomic mass is 10.2. The molecule has 0 bridgehead atoms. The molecule has 0 aliphatic rings. The number of aromatic hydroxyl groups is 1. The van der Waals surface area contributed by atoms with Gasteiger partial charge in [0.1, 0.15) is 11.6 Å². The average Bonchev–Trinajstić information content (AvgIpc) is 2.32. The standard InChI is InChI=1S/C14H14FNO/c1-10-6-7-12(8-13(10)15)16-9-11-4-2-3-5-14(11)17/h2-8,16-17H,9H2,1H3. The van der Waals surface area contributed by atoms with Crippen molar-refractivity contribution in [1.82, 2.24) is 0 Å². The molecule has 0 spiro atoms. The molecular formula is C14H14FNO. The van der Waals surface area contributed by atoms with Crippen LogP contribution in [0.3, 0.4) is 0 Å². The first-order valence-corrected chi connectivity index (χ1v) is 5.44. The van der Waals surface area contributed by atoms with Crippen molar-refractivity contribution in [2.75, 3.05) is 5.32 Å². The molecule has 0 atom stereocenters. The first kappa shape index (κ1) is 11.5. The molecular weight excluding hydrogens is 217 g/mol. The number of aryl methyl sites for hydroxylation is 1. The van der Waals surface area contributed by atoms with Gasteiger partial charge < -0.3 is 10.4 Å². The fourth-order valence-electron chi connectivity index (χ4n) is 1.56. The molecule has 2 rings (SSSR count). The molecule has 0 unspecified atom stereocenters. The predicted molar refractivity (Wildman–Crippen MR) is 66.6 cm³/mol. The van der Waals surface area contributed by atoms with Gasteiger partial charge in [0.05, 0.1) is 0 Å². The Morgan fingerprint density at radius 3 is 2.65 bits per heavy atom. The summed E-state index contributed by atoms with van der Waals surface area (Å²) < 4.78 is 13.3. The van der Waals surface area contributed by atoms with E-state index in [-0.39, 0.29) is 11.6 Å². The zero-order valence-electron chi connectivity index (χ0n) is 9.57. The minimum absolute atomic E-state index is 0.229. The van der Waals surface area contributed by atoms with Crippen LogP contribution in [0.1, 0.15) is 11.1 Å². The summed E-state index contributed by atoms with van der Waals surface area (Å²) in [5, 5.41) is 12.6. The maximum Gasteiger partial charge on any atom is 0.128 e. The summed E-state index contributed by atoms with van der Waals surface area (Å²) in [4.78, 5) is 0.